The van der Waals surface area contributed by atoms with E-state index in [2.05, 4.69) is 15.0 Å². The summed E-state index contributed by atoms with van der Waals surface area (Å²) in [5.74, 6) is -0.294. The SMILES string of the molecule is O=C(N=Cc1ccc[nH]1)c1cccnc1. The summed E-state index contributed by atoms with van der Waals surface area (Å²) in [4.78, 5) is 22.1. The second kappa shape index (κ2) is 4.32. The van der Waals surface area contributed by atoms with Gasteiger partial charge in [0.25, 0.3) is 5.91 Å². The molecule has 0 aliphatic carbocycles. The summed E-state index contributed by atoms with van der Waals surface area (Å²) in [7, 11) is 0. The molecule has 15 heavy (non-hydrogen) atoms. The third kappa shape index (κ3) is 2.37. The Morgan fingerprint density at radius 3 is 3.00 bits per heavy atom. The van der Waals surface area contributed by atoms with Crippen LogP contribution in [0.5, 0.6) is 0 Å². The highest BCUT2D eigenvalue weighted by Gasteiger charge is 2.01. The Labute approximate surface area is 86.7 Å². The van der Waals surface area contributed by atoms with Crippen molar-refractivity contribution >= 4 is 12.1 Å². The van der Waals surface area contributed by atoms with Crippen molar-refractivity contribution in [2.24, 2.45) is 4.99 Å². The number of nitrogens with zero attached hydrogens (tertiary/aromatic N) is 2. The maximum absolute atomic E-state index is 11.5. The van der Waals surface area contributed by atoms with Gasteiger partial charge < -0.3 is 4.98 Å². The molecule has 0 radical (unpaired) electrons. The van der Waals surface area contributed by atoms with Gasteiger partial charge in [-0.3, -0.25) is 9.78 Å². The molecule has 0 spiro atoms. The first-order valence-electron chi connectivity index (χ1n) is 4.48. The summed E-state index contributed by atoms with van der Waals surface area (Å²) in [5.41, 5.74) is 1.28. The average Bonchev–Trinajstić information content (AvgIpc) is 2.80. The monoisotopic (exact) mass is 199 g/mol. The zero-order valence-electron chi connectivity index (χ0n) is 7.92. The van der Waals surface area contributed by atoms with Crippen LogP contribution in [0.2, 0.25) is 0 Å². The molecule has 2 heterocycles. The minimum atomic E-state index is -0.294. The fourth-order valence-corrected chi connectivity index (χ4v) is 1.12. The topological polar surface area (TPSA) is 58.1 Å². The van der Waals surface area contributed by atoms with Gasteiger partial charge in [0, 0.05) is 18.6 Å². The Morgan fingerprint density at radius 2 is 2.33 bits per heavy atom. The van der Waals surface area contributed by atoms with Crippen molar-refractivity contribution in [3.63, 3.8) is 0 Å². The Balaban J connectivity index is 2.11. The lowest BCUT2D eigenvalue weighted by atomic mass is 10.3. The molecule has 0 saturated carbocycles. The Bertz CT molecular complexity index is 460. The van der Waals surface area contributed by atoms with Crippen molar-refractivity contribution in [2.45, 2.75) is 0 Å². The Kier molecular flexibility index (Phi) is 2.69. The first-order valence-corrected chi connectivity index (χ1v) is 4.48. The van der Waals surface area contributed by atoms with Gasteiger partial charge in [-0.15, -0.1) is 0 Å². The number of H-pyrrole nitrogens is 1. The van der Waals surface area contributed by atoms with Gasteiger partial charge in [-0.2, -0.15) is 0 Å². The summed E-state index contributed by atoms with van der Waals surface area (Å²) in [6, 6.07) is 7.06. The van der Waals surface area contributed by atoms with Gasteiger partial charge >= 0.3 is 0 Å². The second-order valence-corrected chi connectivity index (χ2v) is 2.93. The number of hydrogen-bond donors (Lipinski definition) is 1. The van der Waals surface area contributed by atoms with Crippen molar-refractivity contribution < 1.29 is 4.79 Å². The molecule has 1 amide bonds. The van der Waals surface area contributed by atoms with E-state index >= 15 is 0 Å². The molecule has 0 atom stereocenters. The number of aliphatic imine (C=N–C) groups is 1. The van der Waals surface area contributed by atoms with Crippen LogP contribution in [0.4, 0.5) is 0 Å². The van der Waals surface area contributed by atoms with Crippen LogP contribution in [0, 0.1) is 0 Å². The van der Waals surface area contributed by atoms with Gasteiger partial charge in [0.1, 0.15) is 0 Å². The number of nitrogens with one attached hydrogen (secondary N) is 1. The smallest absolute Gasteiger partial charge is 0.278 e. The van der Waals surface area contributed by atoms with Gasteiger partial charge in [-0.25, -0.2) is 4.99 Å². The molecule has 0 aliphatic rings. The molecule has 4 nitrogen and oxygen atoms in total. The second-order valence-electron chi connectivity index (χ2n) is 2.93. The highest BCUT2D eigenvalue weighted by atomic mass is 16.1. The highest BCUT2D eigenvalue weighted by molar-refractivity contribution is 6.00. The van der Waals surface area contributed by atoms with E-state index in [0.29, 0.717) is 5.56 Å². The van der Waals surface area contributed by atoms with E-state index in [0.717, 1.165) is 5.69 Å². The zero-order chi connectivity index (χ0) is 10.5. The molecule has 2 aromatic heterocycles. The van der Waals surface area contributed by atoms with Crippen LogP contribution < -0.4 is 0 Å². The maximum atomic E-state index is 11.5. The van der Waals surface area contributed by atoms with Crippen molar-refractivity contribution in [3.05, 3.63) is 54.1 Å². The van der Waals surface area contributed by atoms with Crippen molar-refractivity contribution in [1.82, 2.24) is 9.97 Å². The van der Waals surface area contributed by atoms with E-state index in [-0.39, 0.29) is 5.91 Å². The summed E-state index contributed by atoms with van der Waals surface area (Å²) >= 11 is 0. The van der Waals surface area contributed by atoms with Crippen LogP contribution >= 0.6 is 0 Å². The fraction of sp³-hybridized carbons (Fsp3) is 0. The molecule has 2 rings (SSSR count). The molecule has 0 aliphatic heterocycles. The van der Waals surface area contributed by atoms with Crippen molar-refractivity contribution in [1.29, 1.82) is 0 Å². The van der Waals surface area contributed by atoms with E-state index in [9.17, 15) is 4.79 Å². The molecule has 0 fully saturated rings. The molecule has 1 N–H and O–H groups in total. The first kappa shape index (κ1) is 9.33. The maximum Gasteiger partial charge on any atom is 0.278 e. The quantitative estimate of drug-likeness (QED) is 0.748. The predicted molar refractivity (Wildman–Crippen MR) is 57.0 cm³/mol. The van der Waals surface area contributed by atoms with Crippen molar-refractivity contribution in [2.75, 3.05) is 0 Å². The summed E-state index contributed by atoms with van der Waals surface area (Å²) in [6.07, 6.45) is 6.38. The minimum Gasteiger partial charge on any atom is -0.360 e. The molecule has 0 unspecified atom stereocenters. The summed E-state index contributed by atoms with van der Waals surface area (Å²) in [6.45, 7) is 0. The third-order valence-electron chi connectivity index (χ3n) is 1.85. The summed E-state index contributed by atoms with van der Waals surface area (Å²) in [5, 5.41) is 0. The number of rotatable bonds is 2. The molecule has 4 heteroatoms. The van der Waals surface area contributed by atoms with Gasteiger partial charge in [-0.05, 0) is 24.3 Å². The molecule has 2 aromatic rings. The van der Waals surface area contributed by atoms with Crippen LogP contribution in [0.1, 0.15) is 16.1 Å². The number of aromatic amines is 1. The molecular weight excluding hydrogens is 190 g/mol. The lowest BCUT2D eigenvalue weighted by Crippen LogP contribution is -1.96. The van der Waals surface area contributed by atoms with Crippen LogP contribution in [-0.4, -0.2) is 22.1 Å². The lowest BCUT2D eigenvalue weighted by Gasteiger charge is -1.91. The molecule has 0 aromatic carbocycles. The summed E-state index contributed by atoms with van der Waals surface area (Å²) < 4.78 is 0. The van der Waals surface area contributed by atoms with Crippen LogP contribution in [0.3, 0.4) is 0 Å². The molecule has 74 valence electrons. The van der Waals surface area contributed by atoms with E-state index in [1.807, 2.05) is 12.1 Å². The van der Waals surface area contributed by atoms with Crippen LogP contribution in [-0.2, 0) is 0 Å². The minimum absolute atomic E-state index is 0.294. The fourth-order valence-electron chi connectivity index (χ4n) is 1.12. The number of aromatic nitrogens is 2. The molecule has 0 bridgehead atoms. The van der Waals surface area contributed by atoms with Crippen molar-refractivity contribution in [3.8, 4) is 0 Å². The van der Waals surface area contributed by atoms with E-state index in [4.69, 9.17) is 0 Å². The number of pyridine rings is 1. The van der Waals surface area contributed by atoms with E-state index < -0.39 is 0 Å². The normalized spacial score (nSPS) is 10.7. The van der Waals surface area contributed by atoms with Crippen LogP contribution in [0.15, 0.2) is 47.8 Å². The highest BCUT2D eigenvalue weighted by Crippen LogP contribution is 1.98. The first-order chi connectivity index (χ1) is 7.36. The molecular formula is C11H9N3O. The van der Waals surface area contributed by atoms with Gasteiger partial charge in [0.05, 0.1) is 17.5 Å². The Hall–Kier alpha value is -2.23. The van der Waals surface area contributed by atoms with Gasteiger partial charge in [0.2, 0.25) is 0 Å². The third-order valence-corrected chi connectivity index (χ3v) is 1.85. The average molecular weight is 199 g/mol. The van der Waals surface area contributed by atoms with E-state index in [1.165, 1.54) is 12.4 Å². The number of hydrogen-bond acceptors (Lipinski definition) is 2. The predicted octanol–water partition coefficient (Wildman–Crippen LogP) is 1.67. The largest absolute Gasteiger partial charge is 0.360 e. The lowest BCUT2D eigenvalue weighted by molar-refractivity contribution is 0.100. The Morgan fingerprint density at radius 1 is 1.40 bits per heavy atom. The number of carbonyl (C=O) groups excluding carboxylic acids is 1. The van der Waals surface area contributed by atoms with E-state index in [1.54, 1.807) is 24.5 Å². The molecule has 0 saturated heterocycles. The zero-order valence-corrected chi connectivity index (χ0v) is 7.92. The standard InChI is InChI=1S/C11H9N3O/c15-11(9-3-1-5-12-7-9)14-8-10-4-2-6-13-10/h1-8,13H. The van der Waals surface area contributed by atoms with Crippen LogP contribution in [0.25, 0.3) is 0 Å². The van der Waals surface area contributed by atoms with Gasteiger partial charge in [0.15, 0.2) is 0 Å². The number of carbonyl (C=O) groups is 1. The van der Waals surface area contributed by atoms with Gasteiger partial charge in [-0.1, -0.05) is 0 Å². The number of amides is 1.